The summed E-state index contributed by atoms with van der Waals surface area (Å²) in [6, 6.07) is 0. The average Bonchev–Trinajstić information content (AvgIpc) is 2.26. The Morgan fingerprint density at radius 3 is 2.13 bits per heavy atom. The van der Waals surface area contributed by atoms with Crippen LogP contribution in [-0.4, -0.2) is 6.61 Å². The van der Waals surface area contributed by atoms with Crippen LogP contribution in [0.2, 0.25) is 0 Å². The summed E-state index contributed by atoms with van der Waals surface area (Å²) in [5.74, 6) is 1.36. The maximum absolute atomic E-state index is 10.8. The number of unbranched alkanes of at least 4 members (excludes halogenated alkanes) is 7. The molecule has 0 aliphatic heterocycles. The van der Waals surface area contributed by atoms with Gasteiger partial charge in [0.15, 0.2) is 5.82 Å². The quantitative estimate of drug-likeness (QED) is 0.368. The summed E-state index contributed by atoms with van der Waals surface area (Å²) in [7, 11) is -1.60. The molecule has 1 atom stereocenters. The first-order chi connectivity index (χ1) is 7.31. The predicted molar refractivity (Wildman–Crippen MR) is 66.4 cm³/mol. The highest BCUT2D eigenvalue weighted by molar-refractivity contribution is 7.42. The van der Waals surface area contributed by atoms with Gasteiger partial charge in [-0.25, -0.2) is 0 Å². The molecule has 0 spiro atoms. The molecular formula is C12H24O2P+. The summed E-state index contributed by atoms with van der Waals surface area (Å²) >= 11 is 0. The van der Waals surface area contributed by atoms with Crippen molar-refractivity contribution in [2.45, 2.75) is 58.3 Å². The number of hydrogen-bond donors (Lipinski definition) is 0. The Kier molecular flexibility index (Phi) is 11.7. The largest absolute Gasteiger partial charge is 0.540 e. The van der Waals surface area contributed by atoms with Crippen LogP contribution >= 0.6 is 8.03 Å². The molecule has 0 aromatic carbocycles. The first-order valence-corrected chi connectivity index (χ1v) is 7.27. The van der Waals surface area contributed by atoms with Gasteiger partial charge in [0.05, 0.1) is 0 Å². The predicted octanol–water partition coefficient (Wildman–Crippen LogP) is 5.03. The van der Waals surface area contributed by atoms with Crippen LogP contribution in [0.1, 0.15) is 58.3 Å². The second kappa shape index (κ2) is 11.9. The van der Waals surface area contributed by atoms with E-state index < -0.39 is 8.03 Å². The fourth-order valence-electron chi connectivity index (χ4n) is 1.44. The molecule has 1 unspecified atom stereocenters. The monoisotopic (exact) mass is 231 g/mol. The first-order valence-electron chi connectivity index (χ1n) is 6.03. The maximum atomic E-state index is 10.8. The van der Waals surface area contributed by atoms with Crippen molar-refractivity contribution >= 4 is 8.03 Å². The van der Waals surface area contributed by atoms with Gasteiger partial charge < -0.3 is 0 Å². The van der Waals surface area contributed by atoms with E-state index in [4.69, 9.17) is 4.52 Å². The third kappa shape index (κ3) is 11.7. The van der Waals surface area contributed by atoms with Crippen molar-refractivity contribution in [1.82, 2.24) is 0 Å². The fraction of sp³-hybridized carbons (Fsp3) is 0.833. The highest BCUT2D eigenvalue weighted by atomic mass is 31.1. The van der Waals surface area contributed by atoms with Gasteiger partial charge in [-0.1, -0.05) is 51.9 Å². The minimum absolute atomic E-state index is 0.607. The Bertz CT molecular complexity index is 169. The van der Waals surface area contributed by atoms with E-state index in [0.29, 0.717) is 6.61 Å². The van der Waals surface area contributed by atoms with E-state index in [9.17, 15) is 4.57 Å². The minimum atomic E-state index is -1.60. The number of rotatable bonds is 11. The van der Waals surface area contributed by atoms with Crippen LogP contribution in [0.5, 0.6) is 0 Å². The molecule has 3 heteroatoms. The van der Waals surface area contributed by atoms with Crippen LogP contribution in [0.25, 0.3) is 0 Å². The zero-order valence-corrected chi connectivity index (χ0v) is 10.8. The van der Waals surface area contributed by atoms with E-state index in [0.717, 1.165) is 6.42 Å². The Labute approximate surface area is 95.0 Å². The third-order valence-corrected chi connectivity index (χ3v) is 3.10. The smallest absolute Gasteiger partial charge is 0.142 e. The maximum Gasteiger partial charge on any atom is 0.540 e. The highest BCUT2D eigenvalue weighted by Crippen LogP contribution is 2.22. The topological polar surface area (TPSA) is 26.3 Å². The molecule has 0 bridgehead atoms. The van der Waals surface area contributed by atoms with Crippen molar-refractivity contribution in [1.29, 1.82) is 0 Å². The molecule has 0 aliphatic rings. The molecule has 0 amide bonds. The van der Waals surface area contributed by atoms with Gasteiger partial charge in [-0.3, -0.25) is 0 Å². The van der Waals surface area contributed by atoms with E-state index in [-0.39, 0.29) is 0 Å². The van der Waals surface area contributed by atoms with E-state index in [1.54, 1.807) is 0 Å². The second-order valence-corrected chi connectivity index (χ2v) is 4.97. The van der Waals surface area contributed by atoms with Crippen molar-refractivity contribution in [3.8, 4) is 0 Å². The second-order valence-electron chi connectivity index (χ2n) is 3.78. The number of hydrogen-bond acceptors (Lipinski definition) is 2. The van der Waals surface area contributed by atoms with Crippen LogP contribution in [0.3, 0.4) is 0 Å². The third-order valence-electron chi connectivity index (χ3n) is 2.37. The molecule has 0 radical (unpaired) electrons. The molecule has 2 nitrogen and oxygen atoms in total. The molecule has 15 heavy (non-hydrogen) atoms. The highest BCUT2D eigenvalue weighted by Gasteiger charge is 2.08. The summed E-state index contributed by atoms with van der Waals surface area (Å²) in [5, 5.41) is 0. The molecule has 0 aromatic rings. The lowest BCUT2D eigenvalue weighted by Gasteiger charge is -1.99. The van der Waals surface area contributed by atoms with Crippen LogP contribution in [-0.2, 0) is 9.09 Å². The molecule has 0 saturated carbocycles. The SMILES string of the molecule is C=C[P+](=O)OCCCCCCCCCC. The molecule has 0 saturated heterocycles. The standard InChI is InChI=1S/C12H24O2P/c1-3-5-6-7-8-9-10-11-12-14-15(13)4-2/h4H,2-3,5-12H2,1H3/q+1. The van der Waals surface area contributed by atoms with Gasteiger partial charge in [0, 0.05) is 0 Å². The molecule has 0 rings (SSSR count). The Morgan fingerprint density at radius 2 is 1.60 bits per heavy atom. The van der Waals surface area contributed by atoms with Gasteiger partial charge in [-0.15, -0.1) is 4.52 Å². The summed E-state index contributed by atoms with van der Waals surface area (Å²) < 4.78 is 15.9. The summed E-state index contributed by atoms with van der Waals surface area (Å²) in [6.07, 6.45) is 10.2. The van der Waals surface area contributed by atoms with Gasteiger partial charge in [0.1, 0.15) is 6.61 Å². The summed E-state index contributed by atoms with van der Waals surface area (Å²) in [4.78, 5) is 0. The summed E-state index contributed by atoms with van der Waals surface area (Å²) in [5.41, 5.74) is 0. The zero-order chi connectivity index (χ0) is 11.4. The molecule has 0 aromatic heterocycles. The Hall–Kier alpha value is -0.200. The normalized spacial score (nSPS) is 11.4. The zero-order valence-electron chi connectivity index (χ0n) is 9.91. The van der Waals surface area contributed by atoms with E-state index >= 15 is 0 Å². The Morgan fingerprint density at radius 1 is 1.07 bits per heavy atom. The van der Waals surface area contributed by atoms with Crippen molar-refractivity contribution < 1.29 is 9.09 Å². The molecular weight excluding hydrogens is 207 g/mol. The van der Waals surface area contributed by atoms with Crippen LogP contribution < -0.4 is 0 Å². The summed E-state index contributed by atoms with van der Waals surface area (Å²) in [6.45, 7) is 6.25. The molecule has 0 N–H and O–H groups in total. The van der Waals surface area contributed by atoms with Crippen molar-refractivity contribution in [2.24, 2.45) is 0 Å². The van der Waals surface area contributed by atoms with E-state index in [1.807, 2.05) is 0 Å². The van der Waals surface area contributed by atoms with Gasteiger partial charge in [-0.2, -0.15) is 0 Å². The van der Waals surface area contributed by atoms with Crippen LogP contribution in [0.15, 0.2) is 12.4 Å². The average molecular weight is 231 g/mol. The molecule has 0 heterocycles. The van der Waals surface area contributed by atoms with Gasteiger partial charge in [0.25, 0.3) is 0 Å². The fourth-order valence-corrected chi connectivity index (χ4v) is 1.86. The van der Waals surface area contributed by atoms with Gasteiger partial charge in [-0.05, 0) is 17.6 Å². The first kappa shape index (κ1) is 14.8. The van der Waals surface area contributed by atoms with E-state index in [1.165, 1.54) is 50.8 Å². The lowest BCUT2D eigenvalue weighted by molar-refractivity contribution is 0.320. The van der Waals surface area contributed by atoms with Gasteiger partial charge >= 0.3 is 8.03 Å². The Balaban J connectivity index is 2.98. The lowest BCUT2D eigenvalue weighted by atomic mass is 10.1. The van der Waals surface area contributed by atoms with Crippen molar-refractivity contribution in [3.63, 3.8) is 0 Å². The molecule has 0 fully saturated rings. The van der Waals surface area contributed by atoms with Crippen LogP contribution in [0.4, 0.5) is 0 Å². The minimum Gasteiger partial charge on any atom is -0.142 e. The van der Waals surface area contributed by atoms with Crippen molar-refractivity contribution in [3.05, 3.63) is 12.4 Å². The molecule has 88 valence electrons. The van der Waals surface area contributed by atoms with Crippen molar-refractivity contribution in [2.75, 3.05) is 6.61 Å². The molecule has 0 aliphatic carbocycles. The van der Waals surface area contributed by atoms with E-state index in [2.05, 4.69) is 13.5 Å². The lowest BCUT2D eigenvalue weighted by Crippen LogP contribution is -1.87. The van der Waals surface area contributed by atoms with Gasteiger partial charge in [0.2, 0.25) is 0 Å². The van der Waals surface area contributed by atoms with Crippen LogP contribution in [0, 0.1) is 0 Å².